The lowest BCUT2D eigenvalue weighted by molar-refractivity contribution is -0.139. The Morgan fingerprint density at radius 3 is 2.46 bits per heavy atom. The molecular weight excluding hydrogens is 344 g/mol. The quantitative estimate of drug-likeness (QED) is 0.252. The molecule has 136 valence electrons. The van der Waals surface area contributed by atoms with Crippen LogP contribution in [0.1, 0.15) is 17.0 Å². The van der Waals surface area contributed by atoms with Crippen molar-refractivity contribution in [2.75, 3.05) is 19.3 Å². The Kier molecular flexibility index (Phi) is 7.73. The standard InChI is InChI=1S/C12H20N4O7S/c1-14-12(23)24-5-7(10(20)15-4-9(18)19)16-8(17)3-2-6(13)11(21)22/h6-7H,2-5,13H2,1H3,(H,14,23)(H,15,20)(H,16,17)(H,18,19)(H,21,22)/t6-,7-/m1/s1/i1D3. The molecule has 0 saturated carbocycles. The van der Waals surface area contributed by atoms with Crippen LogP contribution in [0.25, 0.3) is 0 Å². The monoisotopic (exact) mass is 367 g/mol. The number of nitrogens with one attached hydrogen (secondary N) is 3. The maximum absolute atomic E-state index is 12.0. The van der Waals surface area contributed by atoms with Crippen LogP contribution in [0.3, 0.4) is 0 Å². The number of amides is 3. The van der Waals surface area contributed by atoms with Gasteiger partial charge in [-0.1, -0.05) is 11.8 Å². The lowest BCUT2D eigenvalue weighted by Crippen LogP contribution is -2.49. The first-order valence-corrected chi connectivity index (χ1v) is 7.52. The molecule has 11 nitrogen and oxygen atoms in total. The third-order valence-electron chi connectivity index (χ3n) is 2.55. The lowest BCUT2D eigenvalue weighted by atomic mass is 10.1. The van der Waals surface area contributed by atoms with Crippen LogP contribution in [-0.2, 0) is 19.2 Å². The molecule has 0 unspecified atom stereocenters. The molecule has 7 N–H and O–H groups in total. The largest absolute Gasteiger partial charge is 0.480 e. The molecule has 0 aliphatic rings. The fourth-order valence-corrected chi connectivity index (χ4v) is 1.97. The fraction of sp³-hybridized carbons (Fsp3) is 0.583. The molecule has 0 aromatic rings. The van der Waals surface area contributed by atoms with E-state index in [1.54, 1.807) is 5.32 Å². The number of carboxylic acids is 2. The van der Waals surface area contributed by atoms with Crippen LogP contribution in [0.4, 0.5) is 4.79 Å². The molecule has 0 spiro atoms. The molecule has 0 aliphatic heterocycles. The maximum atomic E-state index is 12.0. The Balaban J connectivity index is 4.79. The zero-order chi connectivity index (χ0) is 21.2. The van der Waals surface area contributed by atoms with Crippen molar-refractivity contribution in [3.8, 4) is 0 Å². The minimum atomic E-state index is -2.73. The first-order valence-electron chi connectivity index (χ1n) is 8.04. The van der Waals surface area contributed by atoms with E-state index in [2.05, 4.69) is 5.32 Å². The molecule has 0 aliphatic carbocycles. The molecule has 0 aromatic carbocycles. The Morgan fingerprint density at radius 1 is 1.25 bits per heavy atom. The molecule has 0 aromatic heterocycles. The second-order valence-corrected chi connectivity index (χ2v) is 5.43. The summed E-state index contributed by atoms with van der Waals surface area (Å²) in [7, 11) is 0. The zero-order valence-corrected chi connectivity index (χ0v) is 13.2. The van der Waals surface area contributed by atoms with Gasteiger partial charge in [-0.3, -0.25) is 24.0 Å². The fourth-order valence-electron chi connectivity index (χ4n) is 1.34. The van der Waals surface area contributed by atoms with Crippen LogP contribution >= 0.6 is 11.8 Å². The second-order valence-electron chi connectivity index (χ2n) is 4.44. The molecule has 2 atom stereocenters. The van der Waals surface area contributed by atoms with Crippen LogP contribution in [-0.4, -0.2) is 70.6 Å². The summed E-state index contributed by atoms with van der Waals surface area (Å²) in [4.78, 5) is 56.4. The van der Waals surface area contributed by atoms with E-state index in [1.165, 1.54) is 0 Å². The number of thioether (sulfide) groups is 1. The van der Waals surface area contributed by atoms with Gasteiger partial charge in [-0.05, 0) is 6.42 Å². The van der Waals surface area contributed by atoms with Crippen molar-refractivity contribution in [2.45, 2.75) is 24.9 Å². The SMILES string of the molecule is [2H]C([2H])([2H])NC(=O)SC[C@@H](NC(=O)CC[C@@H](N)C(=O)O)C(=O)NCC(=O)O. The summed E-state index contributed by atoms with van der Waals surface area (Å²) >= 11 is 0.393. The third-order valence-corrected chi connectivity index (χ3v) is 3.41. The Labute approximate surface area is 145 Å². The molecule has 0 fully saturated rings. The van der Waals surface area contributed by atoms with Crippen molar-refractivity contribution >= 4 is 40.8 Å². The average molecular weight is 367 g/mol. The molecule has 12 heteroatoms. The van der Waals surface area contributed by atoms with Crippen molar-refractivity contribution < 1.29 is 38.3 Å². The Morgan fingerprint density at radius 2 is 1.92 bits per heavy atom. The van der Waals surface area contributed by atoms with Gasteiger partial charge < -0.3 is 31.9 Å². The van der Waals surface area contributed by atoms with Crippen LogP contribution < -0.4 is 21.7 Å². The van der Waals surface area contributed by atoms with E-state index in [1.807, 2.05) is 5.32 Å². The summed E-state index contributed by atoms with van der Waals surface area (Å²) in [5, 5.41) is 22.1. The minimum absolute atomic E-state index is 0.211. The van der Waals surface area contributed by atoms with Crippen molar-refractivity contribution in [1.82, 2.24) is 16.0 Å². The number of carbonyl (C=O) groups excluding carboxylic acids is 3. The van der Waals surface area contributed by atoms with E-state index in [-0.39, 0.29) is 18.6 Å². The van der Waals surface area contributed by atoms with Crippen LogP contribution in [0, 0.1) is 0 Å². The van der Waals surface area contributed by atoms with Crippen molar-refractivity contribution in [1.29, 1.82) is 0 Å². The molecule has 0 saturated heterocycles. The first kappa shape index (κ1) is 16.5. The van der Waals surface area contributed by atoms with Crippen molar-refractivity contribution in [3.63, 3.8) is 0 Å². The summed E-state index contributed by atoms with van der Waals surface area (Å²) in [6.45, 7) is -3.47. The van der Waals surface area contributed by atoms with E-state index < -0.39 is 54.6 Å². The van der Waals surface area contributed by atoms with E-state index in [0.29, 0.717) is 11.8 Å². The molecule has 0 heterocycles. The highest BCUT2D eigenvalue weighted by Gasteiger charge is 2.23. The molecule has 3 amide bonds. The molecule has 0 bridgehead atoms. The summed E-state index contributed by atoms with van der Waals surface area (Å²) in [5.74, 6) is -4.70. The highest BCUT2D eigenvalue weighted by molar-refractivity contribution is 8.13. The highest BCUT2D eigenvalue weighted by Crippen LogP contribution is 2.05. The van der Waals surface area contributed by atoms with Crippen molar-refractivity contribution in [2.24, 2.45) is 5.73 Å². The molecule has 0 radical (unpaired) electrons. The normalized spacial score (nSPS) is 15.0. The number of carbonyl (C=O) groups is 5. The predicted molar refractivity (Wildman–Crippen MR) is 84.3 cm³/mol. The van der Waals surface area contributed by atoms with Gasteiger partial charge in [0.1, 0.15) is 18.6 Å². The summed E-state index contributed by atoms with van der Waals surface area (Å²) in [5.41, 5.74) is 5.26. The highest BCUT2D eigenvalue weighted by atomic mass is 32.2. The minimum Gasteiger partial charge on any atom is -0.480 e. The number of carboxylic acid groups (broad SMARTS) is 2. The van der Waals surface area contributed by atoms with E-state index in [4.69, 9.17) is 20.1 Å². The third kappa shape index (κ3) is 9.63. The zero-order valence-electron chi connectivity index (χ0n) is 15.4. The molecule has 0 rings (SSSR count). The number of hydrogen-bond donors (Lipinski definition) is 6. The second kappa shape index (κ2) is 11.2. The number of rotatable bonds is 10. The van der Waals surface area contributed by atoms with E-state index in [9.17, 15) is 24.0 Å². The Bertz CT molecular complexity index is 588. The molecule has 24 heavy (non-hydrogen) atoms. The van der Waals surface area contributed by atoms with Crippen molar-refractivity contribution in [3.05, 3.63) is 0 Å². The van der Waals surface area contributed by atoms with Gasteiger partial charge in [-0.2, -0.15) is 0 Å². The van der Waals surface area contributed by atoms with Gasteiger partial charge in [0, 0.05) is 23.3 Å². The van der Waals surface area contributed by atoms with Gasteiger partial charge in [-0.25, -0.2) is 0 Å². The van der Waals surface area contributed by atoms with Crippen LogP contribution in [0.2, 0.25) is 0 Å². The van der Waals surface area contributed by atoms with Gasteiger partial charge in [0.2, 0.25) is 11.8 Å². The van der Waals surface area contributed by atoms with Gasteiger partial charge in [0.15, 0.2) is 0 Å². The predicted octanol–water partition coefficient (Wildman–Crippen LogP) is -2.06. The topological polar surface area (TPSA) is 188 Å². The average Bonchev–Trinajstić information content (AvgIpc) is 2.52. The van der Waals surface area contributed by atoms with Gasteiger partial charge >= 0.3 is 11.9 Å². The van der Waals surface area contributed by atoms with E-state index >= 15 is 0 Å². The maximum Gasteiger partial charge on any atom is 0.322 e. The first-order chi connectivity index (χ1) is 12.3. The summed E-state index contributed by atoms with van der Waals surface area (Å²) in [6, 6.07) is -2.64. The van der Waals surface area contributed by atoms with Gasteiger partial charge in [0.25, 0.3) is 5.24 Å². The van der Waals surface area contributed by atoms with Crippen LogP contribution in [0.15, 0.2) is 0 Å². The Hall–Kier alpha value is -2.34. The summed E-state index contributed by atoms with van der Waals surface area (Å²) < 4.78 is 20.7. The van der Waals surface area contributed by atoms with Gasteiger partial charge in [-0.15, -0.1) is 0 Å². The number of aliphatic carboxylic acids is 2. The molecular formula is C12H20N4O7S. The van der Waals surface area contributed by atoms with E-state index in [0.717, 1.165) is 0 Å². The number of nitrogens with two attached hydrogens (primary N) is 1. The smallest absolute Gasteiger partial charge is 0.322 e. The number of hydrogen-bond acceptors (Lipinski definition) is 7. The van der Waals surface area contributed by atoms with Crippen LogP contribution in [0.5, 0.6) is 0 Å². The summed E-state index contributed by atoms with van der Waals surface area (Å²) in [6.07, 6.45) is -0.542. The van der Waals surface area contributed by atoms with Gasteiger partial charge in [0.05, 0.1) is 0 Å². The lowest BCUT2D eigenvalue weighted by Gasteiger charge is -2.17.